The second-order valence-corrected chi connectivity index (χ2v) is 12.2. The third kappa shape index (κ3) is 8.13. The lowest BCUT2D eigenvalue weighted by Crippen LogP contribution is -2.40. The number of amides is 1. The maximum Gasteiger partial charge on any atom is 0.315 e. The van der Waals surface area contributed by atoms with Crippen molar-refractivity contribution in [3.05, 3.63) is 64.8 Å². The van der Waals surface area contributed by atoms with Gasteiger partial charge in [0, 0.05) is 25.3 Å². The predicted molar refractivity (Wildman–Crippen MR) is 166 cm³/mol. The Balaban J connectivity index is 0.00000216. The Morgan fingerprint density at radius 3 is 2.39 bits per heavy atom. The van der Waals surface area contributed by atoms with E-state index in [1.807, 2.05) is 82.7 Å². The lowest BCUT2D eigenvalue weighted by molar-refractivity contribution is -0.154. The number of carbonyl (C=O) groups excluding carboxylic acids is 3. The van der Waals surface area contributed by atoms with E-state index in [1.54, 1.807) is 0 Å². The summed E-state index contributed by atoms with van der Waals surface area (Å²) in [5, 5.41) is 9.14. The fraction of sp³-hybridized carbons (Fsp3) is 0.438. The number of hydrogen-bond donors (Lipinski definition) is 0. The third-order valence-corrected chi connectivity index (χ3v) is 7.90. The normalized spacial score (nSPS) is 14.9. The number of nitrogens with zero attached hydrogens (tertiary/aromatic N) is 4. The van der Waals surface area contributed by atoms with Crippen molar-refractivity contribution < 1.29 is 33.0 Å². The van der Waals surface area contributed by atoms with Crippen LogP contribution in [0.4, 0.5) is 0 Å². The van der Waals surface area contributed by atoms with Crippen LogP contribution in [0.25, 0.3) is 21.3 Å². The fourth-order valence-electron chi connectivity index (χ4n) is 4.84. The van der Waals surface area contributed by atoms with E-state index < -0.39 is 17.5 Å². The standard InChI is InChI=1S/C31H36N4O6S.CH2O/c1-6-39-19(2)27(28-34-33-25(40-28)18-26(36)41-31(3,4)5)29-32-23-12-11-22(17-24(23)42-29)20-7-9-21(10-8-20)30(37)35-13-15-38-16-14-35;1-2/h7-12,17,19,27H,6,13-16,18H2,1-5H3;1H2. The van der Waals surface area contributed by atoms with E-state index in [2.05, 4.69) is 16.3 Å². The molecular formula is C32H38N4O7S. The number of hydrogen-bond acceptors (Lipinski definition) is 11. The Hall–Kier alpha value is -4.00. The van der Waals surface area contributed by atoms with Gasteiger partial charge in [0.05, 0.1) is 29.5 Å². The smallest absolute Gasteiger partial charge is 0.315 e. The number of fused-ring (bicyclic) bond motifs is 1. The molecule has 0 bridgehead atoms. The molecule has 5 rings (SSSR count). The summed E-state index contributed by atoms with van der Waals surface area (Å²) in [6.07, 6.45) is -0.401. The van der Waals surface area contributed by atoms with Crippen molar-refractivity contribution in [2.75, 3.05) is 32.9 Å². The summed E-state index contributed by atoms with van der Waals surface area (Å²) in [6.45, 7) is 14.2. The molecule has 0 saturated carbocycles. The van der Waals surface area contributed by atoms with Crippen molar-refractivity contribution in [2.45, 2.75) is 58.7 Å². The van der Waals surface area contributed by atoms with E-state index >= 15 is 0 Å². The average molecular weight is 623 g/mol. The lowest BCUT2D eigenvalue weighted by atomic mass is 10.0. The fourth-order valence-corrected chi connectivity index (χ4v) is 6.03. The van der Waals surface area contributed by atoms with Gasteiger partial charge in [-0.1, -0.05) is 18.2 Å². The summed E-state index contributed by atoms with van der Waals surface area (Å²) >= 11 is 1.54. The average Bonchev–Trinajstić information content (AvgIpc) is 3.64. The van der Waals surface area contributed by atoms with Crippen LogP contribution in [0.2, 0.25) is 0 Å². The lowest BCUT2D eigenvalue weighted by Gasteiger charge is -2.26. The Kier molecular flexibility index (Phi) is 11.0. The number of ether oxygens (including phenoxy) is 3. The van der Waals surface area contributed by atoms with Crippen molar-refractivity contribution in [3.8, 4) is 11.1 Å². The van der Waals surface area contributed by atoms with Gasteiger partial charge in [0.15, 0.2) is 0 Å². The molecule has 0 N–H and O–H groups in total. The van der Waals surface area contributed by atoms with Crippen LogP contribution < -0.4 is 0 Å². The van der Waals surface area contributed by atoms with Crippen LogP contribution in [-0.4, -0.2) is 83.4 Å². The highest BCUT2D eigenvalue weighted by molar-refractivity contribution is 7.18. The number of rotatable bonds is 9. The van der Waals surface area contributed by atoms with E-state index in [4.69, 9.17) is 28.4 Å². The molecule has 0 radical (unpaired) electrons. The zero-order chi connectivity index (χ0) is 31.9. The van der Waals surface area contributed by atoms with Crippen molar-refractivity contribution in [3.63, 3.8) is 0 Å². The minimum Gasteiger partial charge on any atom is -0.460 e. The summed E-state index contributed by atoms with van der Waals surface area (Å²) in [4.78, 5) is 39.8. The van der Waals surface area contributed by atoms with E-state index in [1.165, 1.54) is 11.3 Å². The van der Waals surface area contributed by atoms with Crippen LogP contribution in [0.5, 0.6) is 0 Å². The molecular weight excluding hydrogens is 584 g/mol. The maximum absolute atomic E-state index is 12.8. The topological polar surface area (TPSA) is 134 Å². The number of thiazole rings is 1. The van der Waals surface area contributed by atoms with Gasteiger partial charge < -0.3 is 28.3 Å². The molecule has 2 aromatic carbocycles. The summed E-state index contributed by atoms with van der Waals surface area (Å²) in [6, 6.07) is 13.8. The first-order valence-electron chi connectivity index (χ1n) is 14.4. The minimum atomic E-state index is -0.603. The van der Waals surface area contributed by atoms with Crippen LogP contribution in [0.3, 0.4) is 0 Å². The molecule has 1 saturated heterocycles. The first-order chi connectivity index (χ1) is 21.1. The Bertz CT molecular complexity index is 1550. The van der Waals surface area contributed by atoms with Crippen LogP contribution in [-0.2, 0) is 30.2 Å². The molecule has 3 heterocycles. The van der Waals surface area contributed by atoms with Gasteiger partial charge in [0.2, 0.25) is 11.8 Å². The molecule has 4 aromatic rings. The molecule has 1 amide bonds. The molecule has 2 atom stereocenters. The van der Waals surface area contributed by atoms with E-state index in [-0.39, 0.29) is 24.3 Å². The molecule has 234 valence electrons. The van der Waals surface area contributed by atoms with E-state index in [9.17, 15) is 9.59 Å². The second-order valence-electron chi connectivity index (χ2n) is 11.2. The molecule has 44 heavy (non-hydrogen) atoms. The molecule has 0 spiro atoms. The van der Waals surface area contributed by atoms with Gasteiger partial charge in [-0.25, -0.2) is 4.98 Å². The molecule has 0 aliphatic carbocycles. The van der Waals surface area contributed by atoms with Crippen LogP contribution in [0.15, 0.2) is 46.9 Å². The number of carbonyl (C=O) groups is 3. The Morgan fingerprint density at radius 1 is 1.05 bits per heavy atom. The molecule has 1 aliphatic rings. The molecule has 1 fully saturated rings. The largest absolute Gasteiger partial charge is 0.460 e. The molecule has 12 heteroatoms. The minimum absolute atomic E-state index is 0.0251. The van der Waals surface area contributed by atoms with Crippen LogP contribution in [0.1, 0.15) is 67.7 Å². The van der Waals surface area contributed by atoms with Gasteiger partial charge in [-0.2, -0.15) is 0 Å². The highest BCUT2D eigenvalue weighted by atomic mass is 32.1. The zero-order valence-corrected chi connectivity index (χ0v) is 26.5. The third-order valence-electron chi connectivity index (χ3n) is 6.80. The van der Waals surface area contributed by atoms with Crippen molar-refractivity contribution in [1.29, 1.82) is 0 Å². The van der Waals surface area contributed by atoms with Gasteiger partial charge in [0.25, 0.3) is 5.91 Å². The van der Waals surface area contributed by atoms with Gasteiger partial charge in [-0.05, 0) is 70.0 Å². The van der Waals surface area contributed by atoms with Crippen LogP contribution in [0, 0.1) is 0 Å². The first kappa shape index (κ1) is 32.9. The van der Waals surface area contributed by atoms with E-state index in [0.29, 0.717) is 44.4 Å². The molecule has 2 aromatic heterocycles. The Morgan fingerprint density at radius 2 is 1.73 bits per heavy atom. The summed E-state index contributed by atoms with van der Waals surface area (Å²) in [5.74, 6) is -0.285. The number of esters is 1. The predicted octanol–water partition coefficient (Wildman–Crippen LogP) is 5.07. The highest BCUT2D eigenvalue weighted by Gasteiger charge is 2.31. The van der Waals surface area contributed by atoms with Gasteiger partial charge >= 0.3 is 5.97 Å². The van der Waals surface area contributed by atoms with E-state index in [0.717, 1.165) is 26.4 Å². The summed E-state index contributed by atoms with van der Waals surface area (Å²) in [7, 11) is 0. The zero-order valence-electron chi connectivity index (χ0n) is 25.7. The van der Waals surface area contributed by atoms with Crippen molar-refractivity contribution in [1.82, 2.24) is 20.1 Å². The summed E-state index contributed by atoms with van der Waals surface area (Å²) < 4.78 is 23.6. The second kappa shape index (κ2) is 14.7. The number of aromatic nitrogens is 3. The van der Waals surface area contributed by atoms with Crippen molar-refractivity contribution >= 4 is 40.2 Å². The first-order valence-corrected chi connectivity index (χ1v) is 15.3. The van der Waals surface area contributed by atoms with Crippen molar-refractivity contribution in [2.24, 2.45) is 0 Å². The monoisotopic (exact) mass is 622 g/mol. The Labute approximate surface area is 260 Å². The maximum atomic E-state index is 12.8. The van der Waals surface area contributed by atoms with Gasteiger partial charge in [0.1, 0.15) is 29.7 Å². The van der Waals surface area contributed by atoms with Gasteiger partial charge in [-0.3, -0.25) is 9.59 Å². The van der Waals surface area contributed by atoms with Gasteiger partial charge in [-0.15, -0.1) is 21.5 Å². The molecule has 11 nitrogen and oxygen atoms in total. The molecule has 1 aliphatic heterocycles. The van der Waals surface area contributed by atoms with Crippen LogP contribution >= 0.6 is 11.3 Å². The molecule has 2 unspecified atom stereocenters. The number of benzene rings is 2. The number of morpholine rings is 1. The quantitative estimate of drug-likeness (QED) is 0.233. The highest BCUT2D eigenvalue weighted by Crippen LogP contribution is 2.36. The SMILES string of the molecule is C=O.CCOC(C)C(c1nnc(CC(=O)OC(C)(C)C)o1)c1nc2ccc(-c3ccc(C(=O)N4CCOCC4)cc3)cc2s1. The summed E-state index contributed by atoms with van der Waals surface area (Å²) in [5.41, 5.74) is 2.94.